The number of H-pyrrole nitrogens is 1. The number of aliphatic hydroxyl groups excluding tert-OH is 1. The van der Waals surface area contributed by atoms with Gasteiger partial charge in [0.15, 0.2) is 0 Å². The highest BCUT2D eigenvalue weighted by atomic mass is 16.3. The van der Waals surface area contributed by atoms with E-state index < -0.39 is 6.10 Å². The Hall–Kier alpha value is -2.32. The minimum Gasteiger partial charge on any atom is -0.390 e. The van der Waals surface area contributed by atoms with Gasteiger partial charge in [-0.05, 0) is 6.92 Å². The number of aromatic amines is 1. The van der Waals surface area contributed by atoms with Crippen LogP contribution in [0.15, 0.2) is 24.8 Å². The van der Waals surface area contributed by atoms with E-state index in [0.29, 0.717) is 19.6 Å². The van der Waals surface area contributed by atoms with E-state index in [1.54, 1.807) is 6.20 Å². The molecule has 0 aliphatic carbocycles. The first kappa shape index (κ1) is 14.6. The molecule has 1 aliphatic heterocycles. The molecule has 22 heavy (non-hydrogen) atoms. The second-order valence-electron chi connectivity index (χ2n) is 5.45. The molecule has 1 aliphatic rings. The fraction of sp³-hybridized carbons (Fsp3) is 0.429. The van der Waals surface area contributed by atoms with Gasteiger partial charge in [0.1, 0.15) is 5.69 Å². The standard InChI is InChI=1S/C14H18N6O2/c1-9-10(4-17-19-9)6-20-7-12(13(21)8-20)18-14(22)11-5-15-2-3-16-11/h2-5,12-13,21H,6-8H2,1H3,(H,17,19)(H,18,22)/t12-,13-/m1/s1. The molecule has 0 unspecified atom stereocenters. The van der Waals surface area contributed by atoms with Crippen molar-refractivity contribution in [2.24, 2.45) is 0 Å². The highest BCUT2D eigenvalue weighted by Gasteiger charge is 2.33. The van der Waals surface area contributed by atoms with Crippen molar-refractivity contribution in [1.82, 2.24) is 30.4 Å². The number of hydrogen-bond donors (Lipinski definition) is 3. The summed E-state index contributed by atoms with van der Waals surface area (Å²) in [4.78, 5) is 22.0. The Morgan fingerprint density at radius 2 is 2.32 bits per heavy atom. The van der Waals surface area contributed by atoms with Crippen molar-refractivity contribution in [3.05, 3.63) is 41.7 Å². The molecule has 116 valence electrons. The number of amides is 1. The number of nitrogens with zero attached hydrogens (tertiary/aromatic N) is 4. The van der Waals surface area contributed by atoms with E-state index in [-0.39, 0.29) is 17.6 Å². The van der Waals surface area contributed by atoms with Crippen LogP contribution in [0.1, 0.15) is 21.7 Å². The van der Waals surface area contributed by atoms with Crippen LogP contribution in [0.4, 0.5) is 0 Å². The Morgan fingerprint density at radius 3 is 3.00 bits per heavy atom. The van der Waals surface area contributed by atoms with E-state index in [9.17, 15) is 9.90 Å². The zero-order valence-corrected chi connectivity index (χ0v) is 12.2. The molecule has 0 aromatic carbocycles. The van der Waals surface area contributed by atoms with E-state index in [1.807, 2.05) is 6.92 Å². The molecule has 0 bridgehead atoms. The van der Waals surface area contributed by atoms with Crippen molar-refractivity contribution in [2.45, 2.75) is 25.6 Å². The monoisotopic (exact) mass is 302 g/mol. The molecular formula is C14H18N6O2. The molecule has 1 fully saturated rings. The first-order chi connectivity index (χ1) is 10.6. The zero-order valence-electron chi connectivity index (χ0n) is 12.2. The third kappa shape index (κ3) is 3.12. The third-order valence-electron chi connectivity index (χ3n) is 3.81. The van der Waals surface area contributed by atoms with Gasteiger partial charge in [-0.25, -0.2) is 4.98 Å². The Kier molecular flexibility index (Phi) is 4.12. The Labute approximate surface area is 127 Å². The van der Waals surface area contributed by atoms with Gasteiger partial charge in [0.2, 0.25) is 0 Å². The van der Waals surface area contributed by atoms with Gasteiger partial charge in [-0.1, -0.05) is 0 Å². The lowest BCUT2D eigenvalue weighted by Gasteiger charge is -2.16. The van der Waals surface area contributed by atoms with Crippen molar-refractivity contribution in [1.29, 1.82) is 0 Å². The molecule has 3 N–H and O–H groups in total. The van der Waals surface area contributed by atoms with Crippen LogP contribution in [0.3, 0.4) is 0 Å². The topological polar surface area (TPSA) is 107 Å². The SMILES string of the molecule is Cc1[nH]ncc1CN1C[C@@H](O)[C@H](NC(=O)c2cnccn2)C1. The van der Waals surface area contributed by atoms with E-state index in [1.165, 1.54) is 18.6 Å². The smallest absolute Gasteiger partial charge is 0.271 e. The molecule has 3 heterocycles. The fourth-order valence-corrected chi connectivity index (χ4v) is 2.57. The number of aliphatic hydroxyl groups is 1. The van der Waals surface area contributed by atoms with Gasteiger partial charge < -0.3 is 10.4 Å². The summed E-state index contributed by atoms with van der Waals surface area (Å²) in [6.45, 7) is 3.74. The minimum atomic E-state index is -0.604. The number of carbonyl (C=O) groups excluding carboxylic acids is 1. The van der Waals surface area contributed by atoms with Crippen LogP contribution in [-0.4, -0.2) is 61.3 Å². The average molecular weight is 302 g/mol. The van der Waals surface area contributed by atoms with E-state index in [4.69, 9.17) is 0 Å². The minimum absolute atomic E-state index is 0.249. The van der Waals surface area contributed by atoms with Crippen LogP contribution >= 0.6 is 0 Å². The molecule has 2 aromatic rings. The fourth-order valence-electron chi connectivity index (χ4n) is 2.57. The summed E-state index contributed by atoms with van der Waals surface area (Å²) >= 11 is 0. The number of aromatic nitrogens is 4. The highest BCUT2D eigenvalue weighted by Crippen LogP contribution is 2.15. The van der Waals surface area contributed by atoms with Gasteiger partial charge in [0, 0.05) is 43.3 Å². The van der Waals surface area contributed by atoms with Gasteiger partial charge in [-0.15, -0.1) is 0 Å². The second-order valence-corrected chi connectivity index (χ2v) is 5.45. The lowest BCUT2D eigenvalue weighted by atomic mass is 10.2. The second kappa shape index (κ2) is 6.20. The molecule has 1 amide bonds. The summed E-state index contributed by atoms with van der Waals surface area (Å²) in [6, 6.07) is -0.318. The lowest BCUT2D eigenvalue weighted by Crippen LogP contribution is -2.43. The average Bonchev–Trinajstić information content (AvgIpc) is 3.07. The summed E-state index contributed by atoms with van der Waals surface area (Å²) in [7, 11) is 0. The summed E-state index contributed by atoms with van der Waals surface area (Å²) in [6.07, 6.45) is 5.56. The number of nitrogens with one attached hydrogen (secondary N) is 2. The molecule has 1 saturated heterocycles. The van der Waals surface area contributed by atoms with E-state index >= 15 is 0 Å². The van der Waals surface area contributed by atoms with Crippen molar-refractivity contribution < 1.29 is 9.90 Å². The number of rotatable bonds is 4. The maximum Gasteiger partial charge on any atom is 0.271 e. The van der Waals surface area contributed by atoms with Gasteiger partial charge in [0.05, 0.1) is 24.5 Å². The van der Waals surface area contributed by atoms with Crippen molar-refractivity contribution in [2.75, 3.05) is 13.1 Å². The molecular weight excluding hydrogens is 284 g/mol. The number of likely N-dealkylation sites (tertiary alicyclic amines) is 1. The lowest BCUT2D eigenvalue weighted by molar-refractivity contribution is 0.0883. The third-order valence-corrected chi connectivity index (χ3v) is 3.81. The van der Waals surface area contributed by atoms with Crippen molar-refractivity contribution in [3.8, 4) is 0 Å². The largest absolute Gasteiger partial charge is 0.390 e. The van der Waals surface area contributed by atoms with Crippen LogP contribution in [0.25, 0.3) is 0 Å². The Bertz CT molecular complexity index is 644. The first-order valence-corrected chi connectivity index (χ1v) is 7.09. The van der Waals surface area contributed by atoms with Crippen molar-refractivity contribution >= 4 is 5.91 Å². The summed E-state index contributed by atoms with van der Waals surface area (Å²) in [5.41, 5.74) is 2.36. The number of hydrogen-bond acceptors (Lipinski definition) is 6. The van der Waals surface area contributed by atoms with Gasteiger partial charge in [-0.2, -0.15) is 5.10 Å². The molecule has 8 nitrogen and oxygen atoms in total. The number of carbonyl (C=O) groups is 1. The predicted octanol–water partition coefficient (Wildman–Crippen LogP) is -0.517. The van der Waals surface area contributed by atoms with Crippen LogP contribution in [-0.2, 0) is 6.54 Å². The normalized spacial score (nSPS) is 21.9. The van der Waals surface area contributed by atoms with Crippen LogP contribution in [0.2, 0.25) is 0 Å². The van der Waals surface area contributed by atoms with E-state index in [0.717, 1.165) is 11.3 Å². The van der Waals surface area contributed by atoms with Gasteiger partial charge >= 0.3 is 0 Å². The van der Waals surface area contributed by atoms with Gasteiger partial charge in [-0.3, -0.25) is 19.8 Å². The van der Waals surface area contributed by atoms with Crippen LogP contribution < -0.4 is 5.32 Å². The number of aryl methyl sites for hydroxylation is 1. The molecule has 3 rings (SSSR count). The maximum atomic E-state index is 12.1. The Balaban J connectivity index is 1.59. The predicted molar refractivity (Wildman–Crippen MR) is 77.9 cm³/mol. The molecule has 8 heteroatoms. The summed E-state index contributed by atoms with van der Waals surface area (Å²) in [5.74, 6) is -0.321. The molecule has 2 aromatic heterocycles. The number of β-amino-alcohol motifs (C(OH)–C–C–N with tert-alkyl or cyclic N) is 1. The molecule has 0 spiro atoms. The van der Waals surface area contributed by atoms with Crippen LogP contribution in [0, 0.1) is 6.92 Å². The van der Waals surface area contributed by atoms with E-state index in [2.05, 4.69) is 30.4 Å². The molecule has 0 radical (unpaired) electrons. The summed E-state index contributed by atoms with van der Waals surface area (Å²) < 4.78 is 0. The Morgan fingerprint density at radius 1 is 1.45 bits per heavy atom. The maximum absolute atomic E-state index is 12.1. The summed E-state index contributed by atoms with van der Waals surface area (Å²) in [5, 5.41) is 19.8. The quantitative estimate of drug-likeness (QED) is 0.702. The van der Waals surface area contributed by atoms with Crippen LogP contribution in [0.5, 0.6) is 0 Å². The molecule has 0 saturated carbocycles. The van der Waals surface area contributed by atoms with Gasteiger partial charge in [0.25, 0.3) is 5.91 Å². The first-order valence-electron chi connectivity index (χ1n) is 7.09. The highest BCUT2D eigenvalue weighted by molar-refractivity contribution is 5.92. The van der Waals surface area contributed by atoms with Crippen molar-refractivity contribution in [3.63, 3.8) is 0 Å². The molecule has 2 atom stereocenters. The zero-order chi connectivity index (χ0) is 15.5.